The Morgan fingerprint density at radius 2 is 1.86 bits per heavy atom. The molecule has 8 heteroatoms. The van der Waals surface area contributed by atoms with Crippen LogP contribution in [0.3, 0.4) is 0 Å². The SMILES string of the molecule is CCN(CC)c1ccc2cc(/C=N/Nc3ccc([N+](=O)[O-])cc3)c(=O)oc2c1. The lowest BCUT2D eigenvalue weighted by molar-refractivity contribution is -0.384. The van der Waals surface area contributed by atoms with Crippen molar-refractivity contribution in [2.75, 3.05) is 23.4 Å². The van der Waals surface area contributed by atoms with Gasteiger partial charge in [0.15, 0.2) is 0 Å². The topological polar surface area (TPSA) is 101 Å². The number of hydrogen-bond acceptors (Lipinski definition) is 7. The number of nitrogens with zero attached hydrogens (tertiary/aromatic N) is 3. The van der Waals surface area contributed by atoms with Crippen LogP contribution < -0.4 is 16.0 Å². The Hall–Kier alpha value is -3.68. The largest absolute Gasteiger partial charge is 0.422 e. The van der Waals surface area contributed by atoms with Crippen LogP contribution >= 0.6 is 0 Å². The maximum Gasteiger partial charge on any atom is 0.345 e. The van der Waals surface area contributed by atoms with Gasteiger partial charge in [0.2, 0.25) is 0 Å². The first kappa shape index (κ1) is 19.1. The van der Waals surface area contributed by atoms with Crippen molar-refractivity contribution in [3.8, 4) is 0 Å². The van der Waals surface area contributed by atoms with Crippen LogP contribution in [0.25, 0.3) is 11.0 Å². The molecule has 3 aromatic rings. The molecule has 0 amide bonds. The number of hydrazone groups is 1. The molecule has 8 nitrogen and oxygen atoms in total. The van der Waals surface area contributed by atoms with Crippen molar-refractivity contribution in [2.45, 2.75) is 13.8 Å². The van der Waals surface area contributed by atoms with E-state index in [9.17, 15) is 14.9 Å². The van der Waals surface area contributed by atoms with Crippen molar-refractivity contribution in [1.82, 2.24) is 0 Å². The van der Waals surface area contributed by atoms with Gasteiger partial charge in [-0.3, -0.25) is 15.5 Å². The van der Waals surface area contributed by atoms with Crippen LogP contribution in [-0.2, 0) is 0 Å². The Morgan fingerprint density at radius 1 is 1.14 bits per heavy atom. The van der Waals surface area contributed by atoms with Gasteiger partial charge in [0.25, 0.3) is 5.69 Å². The summed E-state index contributed by atoms with van der Waals surface area (Å²) in [5, 5.41) is 15.5. The third-order valence-electron chi connectivity index (χ3n) is 4.35. The molecular formula is C20H20N4O4. The Morgan fingerprint density at radius 3 is 2.50 bits per heavy atom. The minimum Gasteiger partial charge on any atom is -0.422 e. The van der Waals surface area contributed by atoms with Crippen molar-refractivity contribution >= 4 is 34.2 Å². The Balaban J connectivity index is 1.80. The van der Waals surface area contributed by atoms with Gasteiger partial charge in [-0.15, -0.1) is 0 Å². The highest BCUT2D eigenvalue weighted by Gasteiger charge is 2.08. The van der Waals surface area contributed by atoms with Gasteiger partial charge in [0.05, 0.1) is 22.4 Å². The Kier molecular flexibility index (Phi) is 5.69. The molecule has 0 aliphatic rings. The number of anilines is 2. The minimum atomic E-state index is -0.488. The van der Waals surface area contributed by atoms with E-state index in [2.05, 4.69) is 29.3 Å². The molecule has 0 spiro atoms. The number of benzene rings is 2. The molecule has 0 radical (unpaired) electrons. The monoisotopic (exact) mass is 380 g/mol. The molecular weight excluding hydrogens is 360 g/mol. The van der Waals surface area contributed by atoms with Crippen LogP contribution in [0.5, 0.6) is 0 Å². The number of nitro groups is 1. The van der Waals surface area contributed by atoms with Crippen LogP contribution in [-0.4, -0.2) is 24.2 Å². The third kappa shape index (κ3) is 4.17. The summed E-state index contributed by atoms with van der Waals surface area (Å²) in [6.07, 6.45) is 1.37. The number of nitro benzene ring substituents is 1. The molecule has 1 N–H and O–H groups in total. The van der Waals surface area contributed by atoms with Gasteiger partial charge in [0.1, 0.15) is 5.58 Å². The van der Waals surface area contributed by atoms with Gasteiger partial charge in [-0.2, -0.15) is 5.10 Å². The summed E-state index contributed by atoms with van der Waals surface area (Å²) in [6, 6.07) is 13.3. The number of fused-ring (bicyclic) bond motifs is 1. The number of hydrogen-bond donors (Lipinski definition) is 1. The fourth-order valence-electron chi connectivity index (χ4n) is 2.83. The summed E-state index contributed by atoms with van der Waals surface area (Å²) in [5.41, 5.74) is 4.63. The highest BCUT2D eigenvalue weighted by Crippen LogP contribution is 2.21. The predicted molar refractivity (Wildman–Crippen MR) is 110 cm³/mol. The number of nitrogens with one attached hydrogen (secondary N) is 1. The quantitative estimate of drug-likeness (QED) is 0.288. The van der Waals surface area contributed by atoms with Crippen LogP contribution in [0.4, 0.5) is 17.1 Å². The molecule has 0 bridgehead atoms. The molecule has 28 heavy (non-hydrogen) atoms. The maximum atomic E-state index is 12.2. The van der Waals surface area contributed by atoms with Crippen LogP contribution in [0, 0.1) is 10.1 Å². The zero-order chi connectivity index (χ0) is 20.1. The normalized spacial score (nSPS) is 11.1. The lowest BCUT2D eigenvalue weighted by Crippen LogP contribution is -2.21. The van der Waals surface area contributed by atoms with E-state index in [-0.39, 0.29) is 5.69 Å². The number of non-ortho nitro benzene ring substituents is 1. The third-order valence-corrected chi connectivity index (χ3v) is 4.35. The zero-order valence-electron chi connectivity index (χ0n) is 15.6. The summed E-state index contributed by atoms with van der Waals surface area (Å²) < 4.78 is 5.44. The standard InChI is InChI=1S/C20H20N4O4/c1-3-23(4-2)18-8-5-14-11-15(20(25)28-19(14)12-18)13-21-22-16-6-9-17(10-7-16)24(26)27/h5-13,22H,3-4H2,1-2H3/b21-13+. The summed E-state index contributed by atoms with van der Waals surface area (Å²) in [6.45, 7) is 5.87. The fraction of sp³-hybridized carbons (Fsp3) is 0.200. The van der Waals surface area contributed by atoms with E-state index in [4.69, 9.17) is 4.42 Å². The van der Waals surface area contributed by atoms with Crippen LogP contribution in [0.2, 0.25) is 0 Å². The lowest BCUT2D eigenvalue weighted by Gasteiger charge is -2.20. The Bertz CT molecular complexity index is 1070. The van der Waals surface area contributed by atoms with Gasteiger partial charge in [-0.25, -0.2) is 4.79 Å². The van der Waals surface area contributed by atoms with E-state index < -0.39 is 10.5 Å². The molecule has 0 saturated heterocycles. The lowest BCUT2D eigenvalue weighted by atomic mass is 10.1. The summed E-state index contributed by atoms with van der Waals surface area (Å²) in [5.74, 6) is 0. The molecule has 2 aromatic carbocycles. The molecule has 0 aliphatic carbocycles. The molecule has 144 valence electrons. The van der Waals surface area contributed by atoms with E-state index in [0.717, 1.165) is 24.2 Å². The van der Waals surface area contributed by atoms with Crippen molar-refractivity contribution in [3.05, 3.63) is 74.6 Å². The second-order valence-electron chi connectivity index (χ2n) is 6.06. The summed E-state index contributed by atoms with van der Waals surface area (Å²) in [7, 11) is 0. The number of rotatable bonds is 7. The molecule has 0 atom stereocenters. The van der Waals surface area contributed by atoms with Crippen LogP contribution in [0.1, 0.15) is 19.4 Å². The zero-order valence-corrected chi connectivity index (χ0v) is 15.6. The van der Waals surface area contributed by atoms with E-state index in [1.807, 2.05) is 18.2 Å². The van der Waals surface area contributed by atoms with Gasteiger partial charge in [-0.1, -0.05) is 0 Å². The molecule has 1 heterocycles. The first-order valence-corrected chi connectivity index (χ1v) is 8.88. The maximum absolute atomic E-state index is 12.2. The van der Waals surface area contributed by atoms with Crippen molar-refractivity contribution in [3.63, 3.8) is 0 Å². The van der Waals surface area contributed by atoms with Gasteiger partial charge in [0, 0.05) is 42.4 Å². The van der Waals surface area contributed by atoms with Crippen molar-refractivity contribution in [1.29, 1.82) is 0 Å². The van der Waals surface area contributed by atoms with E-state index in [1.54, 1.807) is 6.07 Å². The second kappa shape index (κ2) is 8.34. The molecule has 0 saturated carbocycles. The average Bonchev–Trinajstić information content (AvgIpc) is 2.69. The smallest absolute Gasteiger partial charge is 0.345 e. The van der Waals surface area contributed by atoms with Crippen molar-refractivity contribution in [2.24, 2.45) is 5.10 Å². The Labute approximate surface area is 161 Å². The van der Waals surface area contributed by atoms with E-state index >= 15 is 0 Å². The van der Waals surface area contributed by atoms with E-state index in [1.165, 1.54) is 30.5 Å². The van der Waals surface area contributed by atoms with Crippen LogP contribution in [0.15, 0.2) is 62.8 Å². The second-order valence-corrected chi connectivity index (χ2v) is 6.06. The van der Waals surface area contributed by atoms with Gasteiger partial charge >= 0.3 is 5.63 Å². The molecule has 0 fully saturated rings. The fourth-order valence-corrected chi connectivity index (χ4v) is 2.83. The van der Waals surface area contributed by atoms with Crippen molar-refractivity contribution < 1.29 is 9.34 Å². The molecule has 1 aromatic heterocycles. The molecule has 0 unspecified atom stereocenters. The van der Waals surface area contributed by atoms with E-state index in [0.29, 0.717) is 16.8 Å². The minimum absolute atomic E-state index is 0.00576. The van der Waals surface area contributed by atoms with Gasteiger partial charge < -0.3 is 9.32 Å². The summed E-state index contributed by atoms with van der Waals surface area (Å²) >= 11 is 0. The molecule has 0 aliphatic heterocycles. The first-order chi connectivity index (χ1) is 13.5. The van der Waals surface area contributed by atoms with Gasteiger partial charge in [-0.05, 0) is 44.2 Å². The highest BCUT2D eigenvalue weighted by molar-refractivity contribution is 5.88. The average molecular weight is 380 g/mol. The highest BCUT2D eigenvalue weighted by atomic mass is 16.6. The molecule has 3 rings (SSSR count). The first-order valence-electron chi connectivity index (χ1n) is 8.88. The predicted octanol–water partition coefficient (Wildman–Crippen LogP) is 3.99. The summed E-state index contributed by atoms with van der Waals surface area (Å²) in [4.78, 5) is 24.6.